The van der Waals surface area contributed by atoms with Crippen LogP contribution in [0.5, 0.6) is 0 Å². The van der Waals surface area contributed by atoms with Crippen LogP contribution in [-0.4, -0.2) is 11.2 Å². The van der Waals surface area contributed by atoms with E-state index in [1.165, 1.54) is 25.0 Å². The second kappa shape index (κ2) is 4.75. The number of benzene rings is 1. The molecule has 1 aliphatic rings. The first-order valence-corrected chi connectivity index (χ1v) is 5.71. The second-order valence-corrected chi connectivity index (χ2v) is 4.36. The van der Waals surface area contributed by atoms with Gasteiger partial charge >= 0.3 is 0 Å². The molecule has 0 aliphatic heterocycles. The van der Waals surface area contributed by atoms with E-state index in [2.05, 4.69) is 0 Å². The zero-order chi connectivity index (χ0) is 10.7. The van der Waals surface area contributed by atoms with Crippen molar-refractivity contribution in [1.82, 2.24) is 0 Å². The van der Waals surface area contributed by atoms with Crippen molar-refractivity contribution in [2.75, 3.05) is 0 Å². The lowest BCUT2D eigenvalue weighted by Gasteiger charge is -2.20. The van der Waals surface area contributed by atoms with Gasteiger partial charge in [0.1, 0.15) is 5.82 Å². The molecule has 15 heavy (non-hydrogen) atoms. The van der Waals surface area contributed by atoms with E-state index in [1.807, 2.05) is 0 Å². The van der Waals surface area contributed by atoms with E-state index in [4.69, 9.17) is 0 Å². The molecule has 0 bridgehead atoms. The molecule has 0 aromatic heterocycles. The Morgan fingerprint density at radius 3 is 2.40 bits per heavy atom. The van der Waals surface area contributed by atoms with Crippen molar-refractivity contribution in [2.45, 2.75) is 44.1 Å². The van der Waals surface area contributed by atoms with Gasteiger partial charge in [-0.05, 0) is 30.5 Å². The smallest absolute Gasteiger partial charge is 0.123 e. The monoisotopic (exact) mass is 208 g/mol. The van der Waals surface area contributed by atoms with E-state index in [0.717, 1.165) is 24.8 Å². The van der Waals surface area contributed by atoms with Crippen LogP contribution >= 0.6 is 0 Å². The van der Waals surface area contributed by atoms with Gasteiger partial charge in [-0.15, -0.1) is 0 Å². The molecule has 82 valence electrons. The van der Waals surface area contributed by atoms with Crippen LogP contribution in [0.15, 0.2) is 24.3 Å². The molecule has 2 unspecified atom stereocenters. The molecule has 1 nitrogen and oxygen atoms in total. The average Bonchev–Trinajstić information content (AvgIpc) is 2.44. The molecule has 1 aliphatic carbocycles. The van der Waals surface area contributed by atoms with Crippen molar-refractivity contribution >= 4 is 0 Å². The molecule has 0 amide bonds. The summed E-state index contributed by atoms with van der Waals surface area (Å²) in [6.45, 7) is 0. The summed E-state index contributed by atoms with van der Waals surface area (Å²) in [6.07, 6.45) is 5.12. The van der Waals surface area contributed by atoms with Crippen molar-refractivity contribution < 1.29 is 9.50 Å². The van der Waals surface area contributed by atoms with E-state index in [-0.39, 0.29) is 17.8 Å². The van der Waals surface area contributed by atoms with Crippen molar-refractivity contribution in [3.05, 3.63) is 35.6 Å². The molecule has 1 aromatic rings. The number of halogens is 1. The van der Waals surface area contributed by atoms with E-state index in [9.17, 15) is 9.50 Å². The van der Waals surface area contributed by atoms with Gasteiger partial charge in [-0.1, -0.05) is 31.4 Å². The summed E-state index contributed by atoms with van der Waals surface area (Å²) in [7, 11) is 0. The first kappa shape index (κ1) is 10.6. The molecule has 1 aromatic carbocycles. The minimum atomic E-state index is -0.252. The number of hydrogen-bond acceptors (Lipinski definition) is 1. The van der Waals surface area contributed by atoms with Crippen molar-refractivity contribution in [3.63, 3.8) is 0 Å². The van der Waals surface area contributed by atoms with E-state index in [0.29, 0.717) is 0 Å². The molecule has 0 radical (unpaired) electrons. The summed E-state index contributed by atoms with van der Waals surface area (Å²) in [6, 6.07) is 6.56. The number of hydrogen-bond donors (Lipinski definition) is 1. The summed E-state index contributed by atoms with van der Waals surface area (Å²) in [5.74, 6) is -0.00467. The fraction of sp³-hybridized carbons (Fsp3) is 0.538. The van der Waals surface area contributed by atoms with Crippen LogP contribution in [0.1, 0.15) is 43.6 Å². The maximum atomic E-state index is 12.8. The normalized spacial score (nSPS) is 27.3. The summed E-state index contributed by atoms with van der Waals surface area (Å²) in [4.78, 5) is 0. The number of aliphatic hydroxyl groups excluding tert-OH is 1. The second-order valence-electron chi connectivity index (χ2n) is 4.36. The summed E-state index contributed by atoms with van der Waals surface area (Å²) >= 11 is 0. The van der Waals surface area contributed by atoms with Crippen LogP contribution in [0.3, 0.4) is 0 Å². The quantitative estimate of drug-likeness (QED) is 0.702. The number of aliphatic hydroxyl groups is 1. The van der Waals surface area contributed by atoms with Gasteiger partial charge in [0.05, 0.1) is 6.10 Å². The first-order chi connectivity index (χ1) is 7.27. The predicted octanol–water partition coefficient (Wildman–Crippen LogP) is 3.23. The van der Waals surface area contributed by atoms with E-state index >= 15 is 0 Å². The van der Waals surface area contributed by atoms with Crippen LogP contribution in [0.25, 0.3) is 0 Å². The van der Waals surface area contributed by atoms with Gasteiger partial charge in [0.2, 0.25) is 0 Å². The third kappa shape index (κ3) is 2.57. The molecule has 1 N–H and O–H groups in total. The molecule has 1 saturated carbocycles. The Bertz CT molecular complexity index is 307. The highest BCUT2D eigenvalue weighted by Gasteiger charge is 2.22. The zero-order valence-electron chi connectivity index (χ0n) is 8.82. The Balaban J connectivity index is 2.16. The minimum Gasteiger partial charge on any atom is -0.392 e. The lowest BCUT2D eigenvalue weighted by Crippen LogP contribution is -2.16. The Labute approximate surface area is 89.9 Å². The van der Waals surface area contributed by atoms with Crippen LogP contribution in [0.4, 0.5) is 4.39 Å². The molecule has 2 atom stereocenters. The maximum absolute atomic E-state index is 12.8. The standard InChI is InChI=1S/C13H17FO/c14-11-8-6-10(7-9-11)12-4-2-1-3-5-13(12)15/h6-9,12-13,15H,1-5H2. The molecule has 2 heteroatoms. The van der Waals surface area contributed by atoms with Gasteiger partial charge in [-0.25, -0.2) is 4.39 Å². The molecule has 0 saturated heterocycles. The SMILES string of the molecule is OC1CCCCCC1c1ccc(F)cc1. The Morgan fingerprint density at radius 2 is 1.67 bits per heavy atom. The predicted molar refractivity (Wildman–Crippen MR) is 58.2 cm³/mol. The van der Waals surface area contributed by atoms with Gasteiger partial charge in [0.25, 0.3) is 0 Å². The third-order valence-corrected chi connectivity index (χ3v) is 3.28. The van der Waals surface area contributed by atoms with Gasteiger partial charge in [0, 0.05) is 5.92 Å². The first-order valence-electron chi connectivity index (χ1n) is 5.71. The zero-order valence-corrected chi connectivity index (χ0v) is 8.82. The highest BCUT2D eigenvalue weighted by Crippen LogP contribution is 2.31. The lowest BCUT2D eigenvalue weighted by molar-refractivity contribution is 0.135. The highest BCUT2D eigenvalue weighted by molar-refractivity contribution is 5.21. The van der Waals surface area contributed by atoms with Crippen LogP contribution < -0.4 is 0 Å². The Morgan fingerprint density at radius 1 is 1.00 bits per heavy atom. The summed E-state index contributed by atoms with van der Waals surface area (Å²) in [5, 5.41) is 9.98. The summed E-state index contributed by atoms with van der Waals surface area (Å²) in [5.41, 5.74) is 1.07. The van der Waals surface area contributed by atoms with Gasteiger partial charge in [-0.2, -0.15) is 0 Å². The van der Waals surface area contributed by atoms with Crippen LogP contribution in [0, 0.1) is 5.82 Å². The molecule has 1 fully saturated rings. The molecule has 0 heterocycles. The van der Waals surface area contributed by atoms with Crippen molar-refractivity contribution in [3.8, 4) is 0 Å². The molecular formula is C13H17FO. The average molecular weight is 208 g/mol. The number of rotatable bonds is 1. The largest absolute Gasteiger partial charge is 0.392 e. The van der Waals surface area contributed by atoms with Gasteiger partial charge < -0.3 is 5.11 Å². The highest BCUT2D eigenvalue weighted by atomic mass is 19.1. The lowest BCUT2D eigenvalue weighted by atomic mass is 9.89. The molecule has 2 rings (SSSR count). The van der Waals surface area contributed by atoms with Crippen LogP contribution in [0.2, 0.25) is 0 Å². The minimum absolute atomic E-state index is 0.202. The molecular weight excluding hydrogens is 191 g/mol. The maximum Gasteiger partial charge on any atom is 0.123 e. The van der Waals surface area contributed by atoms with E-state index < -0.39 is 0 Å². The summed E-state index contributed by atoms with van der Waals surface area (Å²) < 4.78 is 12.8. The topological polar surface area (TPSA) is 20.2 Å². The fourth-order valence-corrected chi connectivity index (χ4v) is 2.39. The van der Waals surface area contributed by atoms with Crippen molar-refractivity contribution in [1.29, 1.82) is 0 Å². The molecule has 0 spiro atoms. The third-order valence-electron chi connectivity index (χ3n) is 3.28. The van der Waals surface area contributed by atoms with Crippen LogP contribution in [-0.2, 0) is 0 Å². The Kier molecular flexibility index (Phi) is 3.37. The Hall–Kier alpha value is -0.890. The van der Waals surface area contributed by atoms with Gasteiger partial charge in [-0.3, -0.25) is 0 Å². The van der Waals surface area contributed by atoms with E-state index in [1.54, 1.807) is 12.1 Å². The van der Waals surface area contributed by atoms with Gasteiger partial charge in [0.15, 0.2) is 0 Å². The van der Waals surface area contributed by atoms with Crippen molar-refractivity contribution in [2.24, 2.45) is 0 Å². The fourth-order valence-electron chi connectivity index (χ4n) is 2.39.